The molecule has 0 aromatic carbocycles. The number of nitrogens with two attached hydrogens (primary N) is 1. The van der Waals surface area contributed by atoms with Crippen LogP contribution in [0.25, 0.3) is 0 Å². The lowest BCUT2D eigenvalue weighted by atomic mass is 9.98. The van der Waals surface area contributed by atoms with Crippen molar-refractivity contribution >= 4 is 0 Å². The maximum absolute atomic E-state index is 5.89. The van der Waals surface area contributed by atoms with Crippen molar-refractivity contribution in [2.75, 3.05) is 19.6 Å². The molecule has 2 heterocycles. The molecule has 0 aliphatic carbocycles. The molecular weight excluding hydrogens is 200 g/mol. The molecule has 0 bridgehead atoms. The third-order valence-electron chi connectivity index (χ3n) is 3.44. The van der Waals surface area contributed by atoms with Gasteiger partial charge < -0.3 is 10.2 Å². The van der Waals surface area contributed by atoms with E-state index in [-0.39, 0.29) is 6.04 Å². The number of nitrogens with zero attached hydrogens (tertiary/aromatic N) is 1. The number of rotatable bonds is 3. The van der Waals surface area contributed by atoms with Crippen LogP contribution >= 0.6 is 0 Å². The topological polar surface area (TPSA) is 42.4 Å². The van der Waals surface area contributed by atoms with E-state index in [2.05, 4.69) is 17.9 Å². The van der Waals surface area contributed by atoms with Gasteiger partial charge in [-0.05, 0) is 44.4 Å². The van der Waals surface area contributed by atoms with E-state index < -0.39 is 0 Å². The summed E-state index contributed by atoms with van der Waals surface area (Å²) in [5.74, 6) is 2.77. The first-order chi connectivity index (χ1) is 7.70. The molecule has 90 valence electrons. The molecule has 0 spiro atoms. The van der Waals surface area contributed by atoms with Gasteiger partial charge in [-0.2, -0.15) is 0 Å². The van der Waals surface area contributed by atoms with Crippen molar-refractivity contribution in [3.8, 4) is 0 Å². The second-order valence-electron chi connectivity index (χ2n) is 4.94. The van der Waals surface area contributed by atoms with Crippen LogP contribution in [0, 0.1) is 12.8 Å². The number of hydrogen-bond donors (Lipinski definition) is 1. The molecule has 1 saturated heterocycles. The van der Waals surface area contributed by atoms with Crippen LogP contribution in [0.2, 0.25) is 0 Å². The number of furan rings is 1. The summed E-state index contributed by atoms with van der Waals surface area (Å²) < 4.78 is 5.70. The van der Waals surface area contributed by atoms with E-state index in [0.29, 0.717) is 6.54 Å². The molecule has 2 atom stereocenters. The third kappa shape index (κ3) is 2.47. The van der Waals surface area contributed by atoms with E-state index in [4.69, 9.17) is 10.2 Å². The van der Waals surface area contributed by atoms with Gasteiger partial charge in [-0.15, -0.1) is 0 Å². The van der Waals surface area contributed by atoms with Gasteiger partial charge in [0.15, 0.2) is 0 Å². The molecule has 2 N–H and O–H groups in total. The van der Waals surface area contributed by atoms with E-state index in [9.17, 15) is 0 Å². The predicted molar refractivity (Wildman–Crippen MR) is 65.2 cm³/mol. The first-order valence-corrected chi connectivity index (χ1v) is 6.21. The minimum absolute atomic E-state index is 0.261. The highest BCUT2D eigenvalue weighted by molar-refractivity contribution is 5.10. The Kier molecular flexibility index (Phi) is 3.66. The second kappa shape index (κ2) is 5.02. The van der Waals surface area contributed by atoms with Crippen molar-refractivity contribution in [3.05, 3.63) is 23.7 Å². The van der Waals surface area contributed by atoms with Crippen LogP contribution in [0.5, 0.6) is 0 Å². The summed E-state index contributed by atoms with van der Waals surface area (Å²) >= 11 is 0. The summed E-state index contributed by atoms with van der Waals surface area (Å²) in [5.41, 5.74) is 5.89. The third-order valence-corrected chi connectivity index (χ3v) is 3.44. The normalized spacial score (nSPS) is 24.6. The van der Waals surface area contributed by atoms with Gasteiger partial charge in [0.05, 0.1) is 6.04 Å². The molecule has 3 heteroatoms. The van der Waals surface area contributed by atoms with E-state index >= 15 is 0 Å². The molecule has 1 aliphatic heterocycles. The van der Waals surface area contributed by atoms with Crippen molar-refractivity contribution < 1.29 is 4.42 Å². The van der Waals surface area contributed by atoms with Gasteiger partial charge in [-0.1, -0.05) is 6.92 Å². The number of hydrogen-bond acceptors (Lipinski definition) is 3. The molecule has 1 aliphatic rings. The Morgan fingerprint density at radius 1 is 1.56 bits per heavy atom. The highest BCUT2D eigenvalue weighted by Gasteiger charge is 2.25. The van der Waals surface area contributed by atoms with E-state index in [1.54, 1.807) is 0 Å². The lowest BCUT2D eigenvalue weighted by molar-refractivity contribution is 0.119. The molecule has 1 aromatic rings. The minimum Gasteiger partial charge on any atom is -0.465 e. The standard InChI is InChI=1S/C13H22N2O/c1-10-4-3-7-15(9-10)12(8-14)13-6-5-11(2)16-13/h5-6,10,12H,3-4,7-9,14H2,1-2H3. The zero-order chi connectivity index (χ0) is 11.5. The van der Waals surface area contributed by atoms with Gasteiger partial charge >= 0.3 is 0 Å². The van der Waals surface area contributed by atoms with Crippen LogP contribution in [-0.4, -0.2) is 24.5 Å². The smallest absolute Gasteiger partial charge is 0.122 e. The maximum atomic E-state index is 5.89. The van der Waals surface area contributed by atoms with Gasteiger partial charge in [0.1, 0.15) is 11.5 Å². The van der Waals surface area contributed by atoms with Crippen LogP contribution in [0.4, 0.5) is 0 Å². The largest absolute Gasteiger partial charge is 0.465 e. The summed E-state index contributed by atoms with van der Waals surface area (Å²) in [4.78, 5) is 2.46. The predicted octanol–water partition coefficient (Wildman–Crippen LogP) is 2.32. The highest BCUT2D eigenvalue weighted by Crippen LogP contribution is 2.27. The molecular formula is C13H22N2O. The average molecular weight is 222 g/mol. The van der Waals surface area contributed by atoms with Gasteiger partial charge in [-0.25, -0.2) is 0 Å². The second-order valence-corrected chi connectivity index (χ2v) is 4.94. The number of likely N-dealkylation sites (tertiary alicyclic amines) is 1. The Bertz CT molecular complexity index is 334. The zero-order valence-corrected chi connectivity index (χ0v) is 10.3. The summed E-state index contributed by atoms with van der Waals surface area (Å²) in [6.07, 6.45) is 2.61. The van der Waals surface area contributed by atoms with Crippen LogP contribution in [0.1, 0.15) is 37.3 Å². The molecule has 0 radical (unpaired) electrons. The van der Waals surface area contributed by atoms with Crippen LogP contribution in [-0.2, 0) is 0 Å². The van der Waals surface area contributed by atoms with Crippen LogP contribution in [0.15, 0.2) is 16.5 Å². The zero-order valence-electron chi connectivity index (χ0n) is 10.3. The quantitative estimate of drug-likeness (QED) is 0.853. The Morgan fingerprint density at radius 2 is 2.38 bits per heavy atom. The van der Waals surface area contributed by atoms with Crippen molar-refractivity contribution in [3.63, 3.8) is 0 Å². The molecule has 0 saturated carbocycles. The molecule has 16 heavy (non-hydrogen) atoms. The lowest BCUT2D eigenvalue weighted by Crippen LogP contribution is -2.40. The van der Waals surface area contributed by atoms with Crippen molar-refractivity contribution in [1.29, 1.82) is 0 Å². The van der Waals surface area contributed by atoms with E-state index in [0.717, 1.165) is 30.5 Å². The van der Waals surface area contributed by atoms with Crippen molar-refractivity contribution in [2.45, 2.75) is 32.7 Å². The molecule has 2 unspecified atom stereocenters. The number of piperidine rings is 1. The SMILES string of the molecule is Cc1ccc(C(CN)N2CCCC(C)C2)o1. The summed E-state index contributed by atoms with van der Waals surface area (Å²) in [6, 6.07) is 4.34. The lowest BCUT2D eigenvalue weighted by Gasteiger charge is -2.35. The summed E-state index contributed by atoms with van der Waals surface area (Å²) in [5, 5.41) is 0. The Labute approximate surface area is 97.6 Å². The number of aryl methyl sites for hydroxylation is 1. The Morgan fingerprint density at radius 3 is 2.94 bits per heavy atom. The fourth-order valence-corrected chi connectivity index (χ4v) is 2.59. The Balaban J connectivity index is 2.09. The van der Waals surface area contributed by atoms with E-state index in [1.807, 2.05) is 13.0 Å². The molecule has 3 nitrogen and oxygen atoms in total. The fraction of sp³-hybridized carbons (Fsp3) is 0.692. The van der Waals surface area contributed by atoms with Crippen LogP contribution < -0.4 is 5.73 Å². The van der Waals surface area contributed by atoms with Gasteiger partial charge in [-0.3, -0.25) is 4.90 Å². The summed E-state index contributed by atoms with van der Waals surface area (Å²) in [6.45, 7) is 7.22. The highest BCUT2D eigenvalue weighted by atomic mass is 16.3. The minimum atomic E-state index is 0.261. The van der Waals surface area contributed by atoms with E-state index in [1.165, 1.54) is 12.8 Å². The van der Waals surface area contributed by atoms with Gasteiger partial charge in [0.25, 0.3) is 0 Å². The average Bonchev–Trinajstić information content (AvgIpc) is 2.66. The van der Waals surface area contributed by atoms with Gasteiger partial charge in [0.2, 0.25) is 0 Å². The molecule has 0 amide bonds. The van der Waals surface area contributed by atoms with Crippen molar-refractivity contribution in [1.82, 2.24) is 4.90 Å². The Hall–Kier alpha value is -0.800. The van der Waals surface area contributed by atoms with Crippen LogP contribution in [0.3, 0.4) is 0 Å². The van der Waals surface area contributed by atoms with Crippen molar-refractivity contribution in [2.24, 2.45) is 11.7 Å². The maximum Gasteiger partial charge on any atom is 0.122 e. The van der Waals surface area contributed by atoms with Gasteiger partial charge in [0, 0.05) is 13.1 Å². The molecule has 2 rings (SSSR count). The monoisotopic (exact) mass is 222 g/mol. The molecule has 1 aromatic heterocycles. The summed E-state index contributed by atoms with van der Waals surface area (Å²) in [7, 11) is 0. The first-order valence-electron chi connectivity index (χ1n) is 6.21. The fourth-order valence-electron chi connectivity index (χ4n) is 2.59. The molecule has 1 fully saturated rings. The first kappa shape index (κ1) is 11.7.